The predicted octanol–water partition coefficient (Wildman–Crippen LogP) is 5.83. The molecule has 0 radical (unpaired) electrons. The number of nitrogens with one attached hydrogen (secondary N) is 1. The molecular weight excluding hydrogens is 343 g/mol. The summed E-state index contributed by atoms with van der Waals surface area (Å²) in [5.74, 6) is -0.438. The van der Waals surface area contributed by atoms with Crippen molar-refractivity contribution in [2.75, 3.05) is 7.05 Å². The highest BCUT2D eigenvalue weighted by Gasteiger charge is 2.18. The van der Waals surface area contributed by atoms with E-state index in [9.17, 15) is 4.39 Å². The van der Waals surface area contributed by atoms with Crippen LogP contribution in [0, 0.1) is 5.82 Å². The highest BCUT2D eigenvalue weighted by molar-refractivity contribution is 6.50. The average Bonchev–Trinajstić information content (AvgIpc) is 2.40. The second-order valence-electron chi connectivity index (χ2n) is 4.19. The van der Waals surface area contributed by atoms with Gasteiger partial charge in [-0.25, -0.2) is 4.39 Å². The van der Waals surface area contributed by atoms with Crippen LogP contribution in [0.2, 0.25) is 20.1 Å². The standard InChI is InChI=1S/C14H10Cl4FN/c1-20-6-7-2-3-11(19)8(4-7)12-13(17)9(15)5-10(16)14(12)18/h2-5,20H,6H2,1H3. The minimum Gasteiger partial charge on any atom is -0.316 e. The van der Waals surface area contributed by atoms with Crippen molar-refractivity contribution in [3.05, 3.63) is 55.7 Å². The molecule has 2 aromatic rings. The molecule has 6 heteroatoms. The molecular formula is C14H10Cl4FN. The van der Waals surface area contributed by atoms with E-state index in [4.69, 9.17) is 46.4 Å². The lowest BCUT2D eigenvalue weighted by Crippen LogP contribution is -2.05. The van der Waals surface area contributed by atoms with Gasteiger partial charge in [-0.3, -0.25) is 0 Å². The minimum atomic E-state index is -0.438. The second-order valence-corrected chi connectivity index (χ2v) is 5.76. The second kappa shape index (κ2) is 6.50. The first-order chi connectivity index (χ1) is 9.45. The smallest absolute Gasteiger partial charge is 0.131 e. The van der Waals surface area contributed by atoms with Crippen molar-refractivity contribution in [1.29, 1.82) is 0 Å². The van der Waals surface area contributed by atoms with Crippen molar-refractivity contribution in [3.63, 3.8) is 0 Å². The average molecular weight is 353 g/mol. The summed E-state index contributed by atoms with van der Waals surface area (Å²) in [4.78, 5) is 0. The van der Waals surface area contributed by atoms with Crippen LogP contribution in [0.15, 0.2) is 24.3 Å². The van der Waals surface area contributed by atoms with E-state index in [0.29, 0.717) is 12.1 Å². The molecule has 2 aromatic carbocycles. The number of hydrogen-bond donors (Lipinski definition) is 1. The molecule has 0 heterocycles. The van der Waals surface area contributed by atoms with Crippen LogP contribution in [0.4, 0.5) is 4.39 Å². The van der Waals surface area contributed by atoms with Crippen LogP contribution < -0.4 is 5.32 Å². The lowest BCUT2D eigenvalue weighted by Gasteiger charge is -2.13. The molecule has 0 unspecified atom stereocenters. The van der Waals surface area contributed by atoms with E-state index in [1.165, 1.54) is 12.1 Å². The monoisotopic (exact) mass is 351 g/mol. The molecule has 0 aliphatic heterocycles. The summed E-state index contributed by atoms with van der Waals surface area (Å²) in [7, 11) is 1.80. The number of benzene rings is 2. The first kappa shape index (κ1) is 15.9. The van der Waals surface area contributed by atoms with Crippen LogP contribution in [0.1, 0.15) is 5.56 Å². The van der Waals surface area contributed by atoms with Gasteiger partial charge in [-0.1, -0.05) is 52.5 Å². The normalized spacial score (nSPS) is 10.9. The van der Waals surface area contributed by atoms with Crippen molar-refractivity contribution in [3.8, 4) is 11.1 Å². The van der Waals surface area contributed by atoms with E-state index in [1.54, 1.807) is 19.2 Å². The lowest BCUT2D eigenvalue weighted by atomic mass is 10.0. The van der Waals surface area contributed by atoms with Gasteiger partial charge in [0.15, 0.2) is 0 Å². The summed E-state index contributed by atoms with van der Waals surface area (Å²) >= 11 is 24.3. The van der Waals surface area contributed by atoms with Gasteiger partial charge in [-0.15, -0.1) is 0 Å². The van der Waals surface area contributed by atoms with Crippen molar-refractivity contribution in [2.24, 2.45) is 0 Å². The van der Waals surface area contributed by atoms with E-state index in [2.05, 4.69) is 5.32 Å². The van der Waals surface area contributed by atoms with Gasteiger partial charge in [0.05, 0.1) is 20.1 Å². The van der Waals surface area contributed by atoms with Gasteiger partial charge in [-0.05, 0) is 30.8 Å². The lowest BCUT2D eigenvalue weighted by molar-refractivity contribution is 0.630. The van der Waals surface area contributed by atoms with Crippen molar-refractivity contribution in [1.82, 2.24) is 5.32 Å². The molecule has 0 amide bonds. The molecule has 106 valence electrons. The molecule has 2 rings (SSSR count). The maximum Gasteiger partial charge on any atom is 0.131 e. The van der Waals surface area contributed by atoms with E-state index < -0.39 is 5.82 Å². The van der Waals surface area contributed by atoms with E-state index in [-0.39, 0.29) is 25.7 Å². The van der Waals surface area contributed by atoms with Gasteiger partial charge in [0.2, 0.25) is 0 Å². The van der Waals surface area contributed by atoms with Crippen molar-refractivity contribution >= 4 is 46.4 Å². The molecule has 1 nitrogen and oxygen atoms in total. The molecule has 0 fully saturated rings. The van der Waals surface area contributed by atoms with E-state index in [1.807, 2.05) is 0 Å². The van der Waals surface area contributed by atoms with Crippen LogP contribution in [0.3, 0.4) is 0 Å². The van der Waals surface area contributed by atoms with E-state index >= 15 is 0 Å². The molecule has 0 aliphatic carbocycles. The maximum absolute atomic E-state index is 14.1. The molecule has 0 aromatic heterocycles. The molecule has 20 heavy (non-hydrogen) atoms. The van der Waals surface area contributed by atoms with Gasteiger partial charge < -0.3 is 5.32 Å². The Labute approximate surface area is 136 Å². The highest BCUT2D eigenvalue weighted by atomic mass is 35.5. The molecule has 0 atom stereocenters. The summed E-state index contributed by atoms with van der Waals surface area (Å²) in [6.07, 6.45) is 0. The van der Waals surface area contributed by atoms with Crippen LogP contribution in [0.25, 0.3) is 11.1 Å². The fraction of sp³-hybridized carbons (Fsp3) is 0.143. The topological polar surface area (TPSA) is 12.0 Å². The Morgan fingerprint density at radius 1 is 1.00 bits per heavy atom. The van der Waals surface area contributed by atoms with Gasteiger partial charge in [0, 0.05) is 17.7 Å². The zero-order valence-electron chi connectivity index (χ0n) is 10.4. The number of hydrogen-bond acceptors (Lipinski definition) is 1. The fourth-order valence-electron chi connectivity index (χ4n) is 1.89. The Kier molecular flexibility index (Phi) is 5.16. The summed E-state index contributed by atoms with van der Waals surface area (Å²) < 4.78 is 14.1. The summed E-state index contributed by atoms with van der Waals surface area (Å²) in [6, 6.07) is 6.16. The largest absolute Gasteiger partial charge is 0.316 e. The first-order valence-electron chi connectivity index (χ1n) is 5.72. The highest BCUT2D eigenvalue weighted by Crippen LogP contribution is 2.44. The molecule has 1 N–H and O–H groups in total. The van der Waals surface area contributed by atoms with Gasteiger partial charge >= 0.3 is 0 Å². The van der Waals surface area contributed by atoms with Crippen LogP contribution >= 0.6 is 46.4 Å². The Morgan fingerprint density at radius 3 is 2.15 bits per heavy atom. The van der Waals surface area contributed by atoms with Crippen LogP contribution in [0.5, 0.6) is 0 Å². The molecule has 0 aliphatic rings. The van der Waals surface area contributed by atoms with Crippen molar-refractivity contribution in [2.45, 2.75) is 6.54 Å². The Bertz CT molecular complexity index is 632. The van der Waals surface area contributed by atoms with E-state index in [0.717, 1.165) is 5.56 Å². The Hall–Kier alpha value is -0.510. The fourth-order valence-corrected chi connectivity index (χ4v) is 2.90. The SMILES string of the molecule is CNCc1ccc(F)c(-c2c(Cl)c(Cl)cc(Cl)c2Cl)c1. The Morgan fingerprint density at radius 2 is 1.60 bits per heavy atom. The third-order valence-electron chi connectivity index (χ3n) is 2.79. The van der Waals surface area contributed by atoms with Crippen LogP contribution in [-0.2, 0) is 6.54 Å². The van der Waals surface area contributed by atoms with Gasteiger partial charge in [-0.2, -0.15) is 0 Å². The maximum atomic E-state index is 14.1. The summed E-state index contributed by atoms with van der Waals surface area (Å²) in [5, 5.41) is 3.82. The van der Waals surface area contributed by atoms with Crippen molar-refractivity contribution < 1.29 is 4.39 Å². The Balaban J connectivity index is 2.70. The first-order valence-corrected chi connectivity index (χ1v) is 7.23. The minimum absolute atomic E-state index is 0.182. The van der Waals surface area contributed by atoms with Gasteiger partial charge in [0.1, 0.15) is 5.82 Å². The zero-order chi connectivity index (χ0) is 14.9. The van der Waals surface area contributed by atoms with Gasteiger partial charge in [0.25, 0.3) is 0 Å². The third-order valence-corrected chi connectivity index (χ3v) is 4.37. The third kappa shape index (κ3) is 3.05. The number of halogens is 5. The summed E-state index contributed by atoms with van der Waals surface area (Å²) in [6.45, 7) is 0.594. The quantitative estimate of drug-likeness (QED) is 0.685. The molecule has 0 saturated carbocycles. The van der Waals surface area contributed by atoms with Crippen LogP contribution in [-0.4, -0.2) is 7.05 Å². The summed E-state index contributed by atoms with van der Waals surface area (Å²) in [5.41, 5.74) is 1.48. The predicted molar refractivity (Wildman–Crippen MR) is 84.6 cm³/mol. The molecule has 0 spiro atoms. The molecule has 0 saturated heterocycles. The molecule has 0 bridgehead atoms. The zero-order valence-corrected chi connectivity index (χ0v) is 13.4. The number of rotatable bonds is 3.